The molecule has 8 N–H and O–H groups in total. The van der Waals surface area contributed by atoms with Crippen LogP contribution in [0.5, 0.6) is 0 Å². The molecule has 5 amide bonds. The fourth-order valence-corrected chi connectivity index (χ4v) is 3.30. The lowest BCUT2D eigenvalue weighted by molar-refractivity contribution is -0.142. The van der Waals surface area contributed by atoms with Crippen molar-refractivity contribution >= 4 is 47.3 Å². The van der Waals surface area contributed by atoms with Gasteiger partial charge in [-0.05, 0) is 26.2 Å². The normalized spacial score (nSPS) is 15.2. The molecule has 40 heavy (non-hydrogen) atoms. The van der Waals surface area contributed by atoms with E-state index in [1.807, 2.05) is 0 Å². The van der Waals surface area contributed by atoms with Crippen LogP contribution < -0.4 is 26.6 Å². The van der Waals surface area contributed by atoms with E-state index in [1.54, 1.807) is 13.8 Å². The fraction of sp³-hybridized carbons (Fsp3) is 0.667. The quantitative estimate of drug-likeness (QED) is 0.0789. The standard InChI is InChI=1S/C24H39N5O11/c1-6-11(2)18(27-14(5)31)22(38)29-19(13(4)30)23(39)26-12(3)21(37)28-15(7-8-16(32)33)20(36)24(40)25-10-9-17(34)35/h11-13,15,18-19,30H,6-10H2,1-5H3,(H,25,40)(H,26,39)(H,27,31)(H,28,37)(H,29,38)(H,32,33)(H,34,35)/t11-,12-,13+,15?,18-,19-/m0/s1. The zero-order valence-corrected chi connectivity index (χ0v) is 23.1. The van der Waals surface area contributed by atoms with Gasteiger partial charge >= 0.3 is 11.9 Å². The van der Waals surface area contributed by atoms with Crippen LogP contribution in [0.3, 0.4) is 0 Å². The number of Topliss-reactive ketones (excluding diaryl/α,β-unsaturated/α-hetero) is 1. The Kier molecular flexibility index (Phi) is 15.7. The number of ketones is 1. The van der Waals surface area contributed by atoms with E-state index >= 15 is 0 Å². The number of amides is 5. The van der Waals surface area contributed by atoms with Crippen LogP contribution in [0.25, 0.3) is 0 Å². The van der Waals surface area contributed by atoms with Crippen LogP contribution in [-0.2, 0) is 38.4 Å². The van der Waals surface area contributed by atoms with E-state index in [4.69, 9.17) is 10.2 Å². The van der Waals surface area contributed by atoms with Gasteiger partial charge in [0.2, 0.25) is 29.4 Å². The zero-order valence-electron chi connectivity index (χ0n) is 23.1. The molecule has 16 heteroatoms. The molecular weight excluding hydrogens is 534 g/mol. The third-order valence-corrected chi connectivity index (χ3v) is 5.80. The van der Waals surface area contributed by atoms with Crippen LogP contribution in [-0.4, -0.2) is 99.4 Å². The molecule has 0 radical (unpaired) electrons. The number of aliphatic hydroxyl groups excluding tert-OH is 1. The molecule has 0 aliphatic carbocycles. The minimum Gasteiger partial charge on any atom is -0.481 e. The molecule has 16 nitrogen and oxygen atoms in total. The number of carboxylic acids is 2. The van der Waals surface area contributed by atoms with Crippen molar-refractivity contribution in [2.45, 2.75) is 90.6 Å². The Hall–Kier alpha value is -4.08. The Labute approximate surface area is 231 Å². The molecule has 0 saturated heterocycles. The van der Waals surface area contributed by atoms with Gasteiger partial charge in [0, 0.05) is 19.9 Å². The summed E-state index contributed by atoms with van der Waals surface area (Å²) in [5.41, 5.74) is 0. The molecule has 0 spiro atoms. The van der Waals surface area contributed by atoms with Gasteiger partial charge in [0.25, 0.3) is 5.91 Å². The summed E-state index contributed by atoms with van der Waals surface area (Å²) in [5, 5.41) is 39.0. The van der Waals surface area contributed by atoms with Gasteiger partial charge < -0.3 is 41.9 Å². The second-order valence-electron chi connectivity index (χ2n) is 9.28. The Morgan fingerprint density at radius 1 is 0.725 bits per heavy atom. The van der Waals surface area contributed by atoms with Crippen molar-refractivity contribution in [3.05, 3.63) is 0 Å². The highest BCUT2D eigenvalue weighted by atomic mass is 16.4. The van der Waals surface area contributed by atoms with Crippen LogP contribution in [0.15, 0.2) is 0 Å². The monoisotopic (exact) mass is 573 g/mol. The first-order chi connectivity index (χ1) is 18.5. The van der Waals surface area contributed by atoms with Crippen LogP contribution in [0.2, 0.25) is 0 Å². The lowest BCUT2D eigenvalue weighted by atomic mass is 9.97. The van der Waals surface area contributed by atoms with Gasteiger partial charge in [-0.1, -0.05) is 20.3 Å². The van der Waals surface area contributed by atoms with E-state index in [2.05, 4.69) is 26.6 Å². The van der Waals surface area contributed by atoms with Crippen molar-refractivity contribution in [1.29, 1.82) is 0 Å². The number of carboxylic acid groups (broad SMARTS) is 2. The maximum atomic E-state index is 12.8. The van der Waals surface area contributed by atoms with E-state index in [0.717, 1.165) is 0 Å². The largest absolute Gasteiger partial charge is 0.481 e. The summed E-state index contributed by atoms with van der Waals surface area (Å²) in [6, 6.07) is -5.51. The predicted molar refractivity (Wildman–Crippen MR) is 137 cm³/mol. The smallest absolute Gasteiger partial charge is 0.305 e. The first-order valence-corrected chi connectivity index (χ1v) is 12.6. The molecule has 0 heterocycles. The lowest BCUT2D eigenvalue weighted by Crippen LogP contribution is -2.60. The van der Waals surface area contributed by atoms with Gasteiger partial charge in [-0.3, -0.25) is 38.4 Å². The Balaban J connectivity index is 5.49. The Morgan fingerprint density at radius 3 is 1.75 bits per heavy atom. The van der Waals surface area contributed by atoms with Crippen molar-refractivity contribution in [3.8, 4) is 0 Å². The van der Waals surface area contributed by atoms with E-state index in [0.29, 0.717) is 6.42 Å². The number of rotatable bonds is 18. The third-order valence-electron chi connectivity index (χ3n) is 5.80. The summed E-state index contributed by atoms with van der Waals surface area (Å²) in [6.07, 6.45) is -2.45. The fourth-order valence-electron chi connectivity index (χ4n) is 3.30. The Bertz CT molecular complexity index is 969. The number of hydrogen-bond acceptors (Lipinski definition) is 9. The first-order valence-electron chi connectivity index (χ1n) is 12.6. The molecule has 6 atom stereocenters. The summed E-state index contributed by atoms with van der Waals surface area (Å²) >= 11 is 0. The van der Waals surface area contributed by atoms with Crippen molar-refractivity contribution in [2.75, 3.05) is 6.54 Å². The van der Waals surface area contributed by atoms with Gasteiger partial charge in [0.15, 0.2) is 0 Å². The van der Waals surface area contributed by atoms with Gasteiger partial charge in [-0.2, -0.15) is 0 Å². The minimum atomic E-state index is -1.60. The van der Waals surface area contributed by atoms with Crippen molar-refractivity contribution in [1.82, 2.24) is 26.6 Å². The summed E-state index contributed by atoms with van der Waals surface area (Å²) in [6.45, 7) is 6.77. The molecule has 0 saturated carbocycles. The van der Waals surface area contributed by atoms with Gasteiger partial charge in [-0.25, -0.2) is 0 Å². The molecule has 0 aromatic carbocycles. The number of carbonyl (C=O) groups is 8. The molecule has 1 unspecified atom stereocenters. The number of nitrogens with one attached hydrogen (secondary N) is 5. The second-order valence-corrected chi connectivity index (χ2v) is 9.28. The zero-order chi connectivity index (χ0) is 31.2. The second kappa shape index (κ2) is 17.5. The predicted octanol–water partition coefficient (Wildman–Crippen LogP) is -2.58. The summed E-state index contributed by atoms with van der Waals surface area (Å²) in [5.74, 6) is -8.49. The Morgan fingerprint density at radius 2 is 1.27 bits per heavy atom. The highest BCUT2D eigenvalue weighted by Gasteiger charge is 2.34. The van der Waals surface area contributed by atoms with Crippen molar-refractivity contribution in [3.63, 3.8) is 0 Å². The topological polar surface area (TPSA) is 257 Å². The number of hydrogen-bond donors (Lipinski definition) is 8. The van der Waals surface area contributed by atoms with E-state index in [-0.39, 0.29) is 12.5 Å². The number of carbonyl (C=O) groups excluding carboxylic acids is 6. The molecule has 0 fully saturated rings. The molecule has 226 valence electrons. The van der Waals surface area contributed by atoms with Crippen LogP contribution in [0.1, 0.15) is 60.3 Å². The SMILES string of the molecule is CC[C@H](C)[C@H](NC(C)=O)C(=O)N[C@H](C(=O)N[C@@H](C)C(=O)NC(CCC(=O)O)C(=O)C(=O)NCCC(=O)O)[C@@H](C)O. The molecule has 0 bridgehead atoms. The van der Waals surface area contributed by atoms with E-state index < -0.39 is 96.8 Å². The number of aliphatic hydroxyl groups is 1. The van der Waals surface area contributed by atoms with Gasteiger partial charge in [0.05, 0.1) is 18.6 Å². The van der Waals surface area contributed by atoms with Gasteiger partial charge in [-0.15, -0.1) is 0 Å². The average Bonchev–Trinajstić information content (AvgIpc) is 2.85. The summed E-state index contributed by atoms with van der Waals surface area (Å²) < 4.78 is 0. The lowest BCUT2D eigenvalue weighted by Gasteiger charge is -2.28. The van der Waals surface area contributed by atoms with E-state index in [1.165, 1.54) is 20.8 Å². The van der Waals surface area contributed by atoms with Crippen LogP contribution >= 0.6 is 0 Å². The summed E-state index contributed by atoms with van der Waals surface area (Å²) in [7, 11) is 0. The highest BCUT2D eigenvalue weighted by Crippen LogP contribution is 2.09. The van der Waals surface area contributed by atoms with Crippen LogP contribution in [0, 0.1) is 5.92 Å². The maximum Gasteiger partial charge on any atom is 0.305 e. The van der Waals surface area contributed by atoms with Crippen molar-refractivity contribution in [2.24, 2.45) is 5.92 Å². The highest BCUT2D eigenvalue weighted by molar-refractivity contribution is 6.38. The first kappa shape index (κ1) is 35.9. The molecular formula is C24H39N5O11. The minimum absolute atomic E-state index is 0.312. The molecule has 0 aromatic rings. The molecule has 0 aliphatic rings. The van der Waals surface area contributed by atoms with Crippen LogP contribution in [0.4, 0.5) is 0 Å². The molecule has 0 aromatic heterocycles. The molecule has 0 aliphatic heterocycles. The number of aliphatic carboxylic acids is 2. The summed E-state index contributed by atoms with van der Waals surface area (Å²) in [4.78, 5) is 96.0. The third kappa shape index (κ3) is 13.1. The van der Waals surface area contributed by atoms with E-state index in [9.17, 15) is 43.5 Å². The maximum absolute atomic E-state index is 12.8. The van der Waals surface area contributed by atoms with Crippen molar-refractivity contribution < 1.29 is 53.7 Å². The molecule has 0 rings (SSSR count). The van der Waals surface area contributed by atoms with Gasteiger partial charge in [0.1, 0.15) is 18.1 Å². The average molecular weight is 574 g/mol.